The second-order valence-corrected chi connectivity index (χ2v) is 5.34. The van der Waals surface area contributed by atoms with E-state index in [1.54, 1.807) is 6.26 Å². The monoisotopic (exact) mass is 256 g/mol. The highest BCUT2D eigenvalue weighted by atomic mass is 35.5. The Morgan fingerprint density at radius 1 is 1.59 bits per heavy atom. The molecule has 1 aliphatic rings. The van der Waals surface area contributed by atoms with Crippen LogP contribution in [-0.4, -0.2) is 0 Å². The van der Waals surface area contributed by atoms with Crippen LogP contribution >= 0.6 is 11.6 Å². The minimum absolute atomic E-state index is 0.121. The molecule has 1 aliphatic carbocycles. The summed E-state index contributed by atoms with van der Waals surface area (Å²) in [5, 5.41) is 0.464. The van der Waals surface area contributed by atoms with E-state index in [-0.39, 0.29) is 6.04 Å². The number of hydrogen-bond donors (Lipinski definition) is 2. The lowest BCUT2D eigenvalue weighted by Crippen LogP contribution is -2.35. The molecular weight excluding hydrogens is 236 g/mol. The van der Waals surface area contributed by atoms with E-state index in [0.717, 1.165) is 11.5 Å². The number of rotatable bonds is 4. The predicted octanol–water partition coefficient (Wildman–Crippen LogP) is 3.65. The molecule has 0 amide bonds. The summed E-state index contributed by atoms with van der Waals surface area (Å²) in [4.78, 5) is 0. The largest absolute Gasteiger partial charge is 0.453 e. The van der Waals surface area contributed by atoms with Crippen molar-refractivity contribution in [2.24, 2.45) is 17.7 Å². The van der Waals surface area contributed by atoms with Gasteiger partial charge in [0, 0.05) is 5.56 Å². The quantitative estimate of drug-likeness (QED) is 0.639. The summed E-state index contributed by atoms with van der Waals surface area (Å²) in [6.07, 6.45) is 7.97. The van der Waals surface area contributed by atoms with Crippen LogP contribution in [0.4, 0.5) is 0 Å². The molecule has 1 aromatic heterocycles. The number of halogens is 1. The van der Waals surface area contributed by atoms with E-state index >= 15 is 0 Å². The minimum Gasteiger partial charge on any atom is -0.453 e. The van der Waals surface area contributed by atoms with Crippen molar-refractivity contribution in [2.45, 2.75) is 45.1 Å². The number of nitrogens with two attached hydrogens (primary N) is 1. The van der Waals surface area contributed by atoms with Gasteiger partial charge in [-0.15, -0.1) is 0 Å². The van der Waals surface area contributed by atoms with E-state index < -0.39 is 0 Å². The zero-order chi connectivity index (χ0) is 12.3. The molecule has 2 rings (SSSR count). The lowest BCUT2D eigenvalue weighted by Gasteiger charge is -2.33. The van der Waals surface area contributed by atoms with Crippen molar-refractivity contribution in [3.8, 4) is 0 Å². The minimum atomic E-state index is 0.121. The van der Waals surface area contributed by atoms with Gasteiger partial charge in [0.2, 0.25) is 0 Å². The maximum Gasteiger partial charge on any atom is 0.197 e. The molecule has 0 bridgehead atoms. The lowest BCUT2D eigenvalue weighted by molar-refractivity contribution is 0.209. The van der Waals surface area contributed by atoms with E-state index in [0.29, 0.717) is 11.1 Å². The van der Waals surface area contributed by atoms with Crippen molar-refractivity contribution in [1.29, 1.82) is 0 Å². The third kappa shape index (κ3) is 2.84. The maximum atomic E-state index is 6.04. The third-order valence-electron chi connectivity index (χ3n) is 4.03. The average molecular weight is 257 g/mol. The molecule has 4 heteroatoms. The van der Waals surface area contributed by atoms with Crippen molar-refractivity contribution in [2.75, 3.05) is 0 Å². The smallest absolute Gasteiger partial charge is 0.197 e. The Bertz CT molecular complexity index is 353. The van der Waals surface area contributed by atoms with Gasteiger partial charge >= 0.3 is 0 Å². The first-order valence-electron chi connectivity index (χ1n) is 6.45. The van der Waals surface area contributed by atoms with E-state index in [4.69, 9.17) is 21.9 Å². The van der Waals surface area contributed by atoms with Gasteiger partial charge in [-0.3, -0.25) is 11.3 Å². The normalized spacial score (nSPS) is 27.0. The molecule has 17 heavy (non-hydrogen) atoms. The Hall–Kier alpha value is -0.510. The number of hydrazine groups is 1. The van der Waals surface area contributed by atoms with E-state index in [1.807, 2.05) is 6.07 Å². The van der Waals surface area contributed by atoms with Crippen molar-refractivity contribution in [3.05, 3.63) is 23.1 Å². The molecule has 3 nitrogen and oxygen atoms in total. The first-order chi connectivity index (χ1) is 8.26. The Morgan fingerprint density at radius 2 is 2.41 bits per heavy atom. The number of nitrogens with one attached hydrogen (secondary N) is 1. The Kier molecular flexibility index (Phi) is 4.48. The second-order valence-electron chi connectivity index (χ2n) is 4.99. The van der Waals surface area contributed by atoms with E-state index in [1.165, 1.54) is 32.1 Å². The van der Waals surface area contributed by atoms with Crippen molar-refractivity contribution in [1.82, 2.24) is 5.43 Å². The van der Waals surface area contributed by atoms with Crippen molar-refractivity contribution >= 4 is 11.6 Å². The molecule has 0 aromatic carbocycles. The van der Waals surface area contributed by atoms with Crippen LogP contribution in [-0.2, 0) is 0 Å². The molecule has 0 aliphatic heterocycles. The molecule has 0 radical (unpaired) electrons. The SMILES string of the molecule is CCC1CCCC(C(NN)c2ccoc2Cl)C1. The van der Waals surface area contributed by atoms with Gasteiger partial charge in [-0.1, -0.05) is 26.2 Å². The summed E-state index contributed by atoms with van der Waals surface area (Å²) in [5.41, 5.74) is 3.91. The molecule has 0 spiro atoms. The van der Waals surface area contributed by atoms with Crippen LogP contribution in [0, 0.1) is 11.8 Å². The summed E-state index contributed by atoms with van der Waals surface area (Å²) < 4.78 is 5.16. The highest BCUT2D eigenvalue weighted by molar-refractivity contribution is 6.29. The molecule has 3 unspecified atom stereocenters. The molecule has 0 saturated heterocycles. The Balaban J connectivity index is 2.10. The predicted molar refractivity (Wildman–Crippen MR) is 69.5 cm³/mol. The average Bonchev–Trinajstić information content (AvgIpc) is 2.77. The van der Waals surface area contributed by atoms with Crippen molar-refractivity contribution < 1.29 is 4.42 Å². The second kappa shape index (κ2) is 5.89. The lowest BCUT2D eigenvalue weighted by atomic mass is 9.76. The summed E-state index contributed by atoms with van der Waals surface area (Å²) in [6.45, 7) is 2.27. The fourth-order valence-corrected chi connectivity index (χ4v) is 3.24. The molecule has 1 aromatic rings. The van der Waals surface area contributed by atoms with Crippen LogP contribution in [0.3, 0.4) is 0 Å². The van der Waals surface area contributed by atoms with Crippen LogP contribution in [0.15, 0.2) is 16.7 Å². The van der Waals surface area contributed by atoms with Crippen LogP contribution in [0.25, 0.3) is 0 Å². The van der Waals surface area contributed by atoms with Gasteiger partial charge in [0.25, 0.3) is 0 Å². The summed E-state index contributed by atoms with van der Waals surface area (Å²) in [5.74, 6) is 7.09. The molecular formula is C13H21ClN2O. The topological polar surface area (TPSA) is 51.2 Å². The van der Waals surface area contributed by atoms with Gasteiger partial charge in [0.15, 0.2) is 5.22 Å². The Morgan fingerprint density at radius 3 is 3.00 bits per heavy atom. The van der Waals surface area contributed by atoms with Gasteiger partial charge in [-0.05, 0) is 42.3 Å². The van der Waals surface area contributed by atoms with Gasteiger partial charge in [-0.25, -0.2) is 0 Å². The molecule has 3 N–H and O–H groups in total. The fraction of sp³-hybridized carbons (Fsp3) is 0.692. The first kappa shape index (κ1) is 12.9. The van der Waals surface area contributed by atoms with Gasteiger partial charge in [0.05, 0.1) is 12.3 Å². The van der Waals surface area contributed by atoms with E-state index in [9.17, 15) is 0 Å². The maximum absolute atomic E-state index is 6.04. The molecule has 1 heterocycles. The molecule has 3 atom stereocenters. The van der Waals surface area contributed by atoms with Gasteiger partial charge < -0.3 is 4.42 Å². The van der Waals surface area contributed by atoms with Crippen molar-refractivity contribution in [3.63, 3.8) is 0 Å². The fourth-order valence-electron chi connectivity index (χ4n) is 3.01. The summed E-state index contributed by atoms with van der Waals surface area (Å²) in [6, 6.07) is 2.04. The standard InChI is InChI=1S/C13H21ClN2O/c1-2-9-4-3-5-10(8-9)12(16-15)11-6-7-17-13(11)14/h6-7,9-10,12,16H,2-5,8,15H2,1H3. The third-order valence-corrected chi connectivity index (χ3v) is 4.34. The van der Waals surface area contributed by atoms with Crippen LogP contribution < -0.4 is 11.3 Å². The van der Waals surface area contributed by atoms with Crippen LogP contribution in [0.1, 0.15) is 50.6 Å². The first-order valence-corrected chi connectivity index (χ1v) is 6.83. The van der Waals surface area contributed by atoms with Crippen LogP contribution in [0.2, 0.25) is 5.22 Å². The zero-order valence-corrected chi connectivity index (χ0v) is 11.0. The summed E-state index contributed by atoms with van der Waals surface area (Å²) in [7, 11) is 0. The van der Waals surface area contributed by atoms with Crippen LogP contribution in [0.5, 0.6) is 0 Å². The highest BCUT2D eigenvalue weighted by Crippen LogP contribution is 2.40. The number of furan rings is 1. The van der Waals surface area contributed by atoms with Gasteiger partial charge in [0.1, 0.15) is 0 Å². The highest BCUT2D eigenvalue weighted by Gasteiger charge is 2.30. The number of hydrogen-bond acceptors (Lipinski definition) is 3. The molecule has 1 fully saturated rings. The van der Waals surface area contributed by atoms with Gasteiger partial charge in [-0.2, -0.15) is 0 Å². The Labute approximate surface area is 108 Å². The summed E-state index contributed by atoms with van der Waals surface area (Å²) >= 11 is 6.04. The molecule has 96 valence electrons. The zero-order valence-electron chi connectivity index (χ0n) is 10.3. The van der Waals surface area contributed by atoms with E-state index in [2.05, 4.69) is 12.3 Å². The molecule has 1 saturated carbocycles.